The van der Waals surface area contributed by atoms with Crippen LogP contribution in [0, 0.1) is 0 Å². The molecule has 0 unspecified atom stereocenters. The zero-order valence-electron chi connectivity index (χ0n) is 45.2. The predicted octanol–water partition coefficient (Wildman–Crippen LogP) is 20.6. The van der Waals surface area contributed by atoms with Crippen LogP contribution in [0.5, 0.6) is 0 Å². The number of carbonyl (C=O) groups is 2. The lowest BCUT2D eigenvalue weighted by Crippen LogP contribution is -2.29. The molecule has 0 fully saturated rings. The standard InChI is InChI=1S/C61H118O5/c1-4-7-10-13-16-19-22-25-28-31-33-36-39-42-45-48-51-54-60(62)65-57-59(64-56-53-50-47-44-41-38-35-30-27-24-21-18-15-12-9-6-3)58-66-61(63)55-52-49-46-43-40-37-34-32-29-26-23-20-17-14-11-8-5-2/h25,28,59H,4-24,26-27,29-58H2,1-3H3/b28-25-/t59-/m1/s1. The van der Waals surface area contributed by atoms with Crippen LogP contribution in [0.3, 0.4) is 0 Å². The molecular formula is C61H118O5. The van der Waals surface area contributed by atoms with Gasteiger partial charge in [-0.05, 0) is 44.9 Å². The molecule has 0 rings (SSSR count). The lowest BCUT2D eigenvalue weighted by molar-refractivity contribution is -0.155. The van der Waals surface area contributed by atoms with Crippen LogP contribution in [0.2, 0.25) is 0 Å². The minimum atomic E-state index is -0.393. The topological polar surface area (TPSA) is 61.8 Å². The average molecular weight is 932 g/mol. The van der Waals surface area contributed by atoms with Crippen molar-refractivity contribution in [1.29, 1.82) is 0 Å². The summed E-state index contributed by atoms with van der Waals surface area (Å²) in [6, 6.07) is 0. The van der Waals surface area contributed by atoms with Gasteiger partial charge >= 0.3 is 11.9 Å². The van der Waals surface area contributed by atoms with E-state index >= 15 is 0 Å². The van der Waals surface area contributed by atoms with Crippen LogP contribution in [0.25, 0.3) is 0 Å². The number of carbonyl (C=O) groups excluding carboxylic acids is 2. The summed E-state index contributed by atoms with van der Waals surface area (Å²) in [4.78, 5) is 25.3. The lowest BCUT2D eigenvalue weighted by atomic mass is 10.0. The van der Waals surface area contributed by atoms with Gasteiger partial charge in [0, 0.05) is 19.4 Å². The van der Waals surface area contributed by atoms with Crippen molar-refractivity contribution in [2.75, 3.05) is 19.8 Å². The summed E-state index contributed by atoms with van der Waals surface area (Å²) >= 11 is 0. The third kappa shape index (κ3) is 55.2. The monoisotopic (exact) mass is 931 g/mol. The molecule has 0 aromatic carbocycles. The SMILES string of the molecule is CCCCCCCC/C=C\CCCCCCCCCC(=O)OC[C@H](COC(=O)CCCCCCCCCCCCCCCCCCC)OCCCCCCCCCCCCCCCCCC. The molecule has 0 N–H and O–H groups in total. The first-order valence-electron chi connectivity index (χ1n) is 30.2. The van der Waals surface area contributed by atoms with E-state index in [2.05, 4.69) is 32.9 Å². The lowest BCUT2D eigenvalue weighted by Gasteiger charge is -2.18. The van der Waals surface area contributed by atoms with Crippen molar-refractivity contribution in [1.82, 2.24) is 0 Å². The van der Waals surface area contributed by atoms with Crippen LogP contribution in [0.1, 0.15) is 342 Å². The van der Waals surface area contributed by atoms with Gasteiger partial charge < -0.3 is 14.2 Å². The highest BCUT2D eigenvalue weighted by atomic mass is 16.6. The number of hydrogen-bond donors (Lipinski definition) is 0. The number of hydrogen-bond acceptors (Lipinski definition) is 5. The maximum Gasteiger partial charge on any atom is 0.305 e. The summed E-state index contributed by atoms with van der Waals surface area (Å²) in [5.41, 5.74) is 0. The van der Waals surface area contributed by atoms with Gasteiger partial charge in [0.15, 0.2) is 0 Å². The van der Waals surface area contributed by atoms with Crippen LogP contribution in [-0.2, 0) is 23.8 Å². The summed E-state index contributed by atoms with van der Waals surface area (Å²) in [6.07, 6.45) is 68.3. The largest absolute Gasteiger partial charge is 0.463 e. The summed E-state index contributed by atoms with van der Waals surface area (Å²) in [6.45, 7) is 7.81. The number of rotatable bonds is 57. The Balaban J connectivity index is 4.20. The Hall–Kier alpha value is -1.36. The van der Waals surface area contributed by atoms with E-state index in [4.69, 9.17) is 14.2 Å². The molecule has 0 aliphatic carbocycles. The summed E-state index contributed by atoms with van der Waals surface area (Å²) in [5, 5.41) is 0. The van der Waals surface area contributed by atoms with E-state index in [9.17, 15) is 9.59 Å². The molecule has 392 valence electrons. The molecule has 0 aliphatic rings. The van der Waals surface area contributed by atoms with E-state index in [1.54, 1.807) is 0 Å². The highest BCUT2D eigenvalue weighted by Crippen LogP contribution is 2.17. The Morgan fingerprint density at radius 3 is 0.803 bits per heavy atom. The van der Waals surface area contributed by atoms with Gasteiger partial charge in [-0.2, -0.15) is 0 Å². The van der Waals surface area contributed by atoms with Crippen LogP contribution < -0.4 is 0 Å². The first-order chi connectivity index (χ1) is 32.6. The molecule has 0 bridgehead atoms. The number of ether oxygens (including phenoxy) is 3. The van der Waals surface area contributed by atoms with E-state index in [1.807, 2.05) is 0 Å². The van der Waals surface area contributed by atoms with Gasteiger partial charge in [-0.1, -0.05) is 296 Å². The van der Waals surface area contributed by atoms with Crippen molar-refractivity contribution in [3.63, 3.8) is 0 Å². The highest BCUT2D eigenvalue weighted by Gasteiger charge is 2.16. The van der Waals surface area contributed by atoms with E-state index in [0.717, 1.165) is 38.5 Å². The zero-order chi connectivity index (χ0) is 47.7. The third-order valence-corrected chi connectivity index (χ3v) is 13.8. The van der Waals surface area contributed by atoms with Crippen LogP contribution in [0.4, 0.5) is 0 Å². The van der Waals surface area contributed by atoms with Gasteiger partial charge in [0.2, 0.25) is 0 Å². The molecule has 0 radical (unpaired) electrons. The number of allylic oxidation sites excluding steroid dienone is 2. The number of unbranched alkanes of at least 4 members (excludes halogenated alkanes) is 44. The molecule has 0 saturated carbocycles. The van der Waals surface area contributed by atoms with Gasteiger partial charge in [0.05, 0.1) is 0 Å². The highest BCUT2D eigenvalue weighted by molar-refractivity contribution is 5.69. The quantitative estimate of drug-likeness (QED) is 0.0345. The van der Waals surface area contributed by atoms with Crippen LogP contribution >= 0.6 is 0 Å². The molecule has 0 amide bonds. The second kappa shape index (κ2) is 58.0. The second-order valence-electron chi connectivity index (χ2n) is 20.6. The molecule has 0 aromatic rings. The van der Waals surface area contributed by atoms with Crippen LogP contribution in [-0.4, -0.2) is 37.9 Å². The summed E-state index contributed by atoms with van der Waals surface area (Å²) in [7, 11) is 0. The third-order valence-electron chi connectivity index (χ3n) is 13.8. The zero-order valence-corrected chi connectivity index (χ0v) is 45.2. The Morgan fingerprint density at radius 1 is 0.303 bits per heavy atom. The smallest absolute Gasteiger partial charge is 0.305 e. The molecule has 0 saturated heterocycles. The predicted molar refractivity (Wildman–Crippen MR) is 289 cm³/mol. The van der Waals surface area contributed by atoms with E-state index in [1.165, 1.54) is 270 Å². The Morgan fingerprint density at radius 2 is 0.530 bits per heavy atom. The fourth-order valence-corrected chi connectivity index (χ4v) is 9.25. The second-order valence-corrected chi connectivity index (χ2v) is 20.6. The fraction of sp³-hybridized carbons (Fsp3) is 0.934. The Labute approximate surface area is 414 Å². The van der Waals surface area contributed by atoms with E-state index < -0.39 is 6.10 Å². The molecular weight excluding hydrogens is 813 g/mol. The van der Waals surface area contributed by atoms with Crippen molar-refractivity contribution >= 4 is 11.9 Å². The first-order valence-corrected chi connectivity index (χ1v) is 30.2. The first kappa shape index (κ1) is 64.6. The van der Waals surface area contributed by atoms with E-state index in [0.29, 0.717) is 19.4 Å². The number of esters is 2. The maximum absolute atomic E-state index is 12.7. The average Bonchev–Trinajstić information content (AvgIpc) is 3.32. The van der Waals surface area contributed by atoms with Gasteiger partial charge in [0.1, 0.15) is 19.3 Å². The van der Waals surface area contributed by atoms with Gasteiger partial charge in [-0.3, -0.25) is 9.59 Å². The molecule has 66 heavy (non-hydrogen) atoms. The molecule has 0 aliphatic heterocycles. The normalized spacial score (nSPS) is 12.1. The Kier molecular flexibility index (Phi) is 56.8. The fourth-order valence-electron chi connectivity index (χ4n) is 9.25. The van der Waals surface area contributed by atoms with E-state index in [-0.39, 0.29) is 25.2 Å². The maximum atomic E-state index is 12.7. The van der Waals surface area contributed by atoms with Crippen molar-refractivity contribution in [2.45, 2.75) is 348 Å². The van der Waals surface area contributed by atoms with Gasteiger partial charge in [0.25, 0.3) is 0 Å². The Bertz CT molecular complexity index is 963. The summed E-state index contributed by atoms with van der Waals surface area (Å²) < 4.78 is 17.6. The molecule has 0 spiro atoms. The minimum absolute atomic E-state index is 0.154. The molecule has 5 heteroatoms. The molecule has 1 atom stereocenters. The summed E-state index contributed by atoms with van der Waals surface area (Å²) in [5.74, 6) is -0.313. The minimum Gasteiger partial charge on any atom is -0.463 e. The van der Waals surface area contributed by atoms with Crippen molar-refractivity contribution in [3.8, 4) is 0 Å². The van der Waals surface area contributed by atoms with Crippen LogP contribution in [0.15, 0.2) is 12.2 Å². The molecule has 5 nitrogen and oxygen atoms in total. The van der Waals surface area contributed by atoms with Gasteiger partial charge in [-0.25, -0.2) is 0 Å². The van der Waals surface area contributed by atoms with Crippen molar-refractivity contribution < 1.29 is 23.8 Å². The van der Waals surface area contributed by atoms with Gasteiger partial charge in [-0.15, -0.1) is 0 Å². The van der Waals surface area contributed by atoms with Crippen molar-refractivity contribution in [2.24, 2.45) is 0 Å². The van der Waals surface area contributed by atoms with Crippen molar-refractivity contribution in [3.05, 3.63) is 12.2 Å². The molecule has 0 heterocycles. The molecule has 0 aromatic heterocycles.